The summed E-state index contributed by atoms with van der Waals surface area (Å²) in [6.07, 6.45) is -4.82. The van der Waals surface area contributed by atoms with Crippen LogP contribution in [0.5, 0.6) is 0 Å². The summed E-state index contributed by atoms with van der Waals surface area (Å²) in [5.74, 6) is 0. The van der Waals surface area contributed by atoms with Crippen LogP contribution in [0.25, 0.3) is 0 Å². The first kappa shape index (κ1) is 12.7. The van der Waals surface area contributed by atoms with Gasteiger partial charge >= 0.3 is 6.18 Å². The van der Waals surface area contributed by atoms with Gasteiger partial charge in [-0.3, -0.25) is 0 Å². The zero-order chi connectivity index (χ0) is 13.6. The van der Waals surface area contributed by atoms with Crippen molar-refractivity contribution in [2.24, 2.45) is 5.16 Å². The average molecular weight is 258 g/mol. The molecule has 0 bridgehead atoms. The topological polar surface area (TPSA) is 47.6 Å². The second-order valence-corrected chi connectivity index (χ2v) is 4.49. The lowest BCUT2D eigenvalue weighted by Crippen LogP contribution is -2.42. The molecule has 1 aliphatic heterocycles. The van der Waals surface area contributed by atoms with Crippen LogP contribution in [0.4, 0.5) is 18.9 Å². The van der Waals surface area contributed by atoms with E-state index in [9.17, 15) is 13.2 Å². The van der Waals surface area contributed by atoms with Crippen LogP contribution < -0.4 is 5.73 Å². The number of hydrogen-bond donors (Lipinski definition) is 1. The lowest BCUT2D eigenvalue weighted by molar-refractivity contribution is -0.275. The maximum atomic E-state index is 13.3. The normalized spacial score (nSPS) is 23.7. The van der Waals surface area contributed by atoms with E-state index in [1.54, 1.807) is 6.92 Å². The summed E-state index contributed by atoms with van der Waals surface area (Å²) < 4.78 is 39.8. The zero-order valence-electron chi connectivity index (χ0n) is 10.0. The molecule has 0 radical (unpaired) electrons. The first-order chi connectivity index (χ1) is 8.26. The highest BCUT2D eigenvalue weighted by molar-refractivity contribution is 5.84. The number of nitrogens with two attached hydrogens (primary N) is 1. The second kappa shape index (κ2) is 3.90. The Balaban J connectivity index is 2.52. The molecule has 1 aromatic rings. The fourth-order valence-electron chi connectivity index (χ4n) is 1.98. The van der Waals surface area contributed by atoms with Crippen LogP contribution in [-0.4, -0.2) is 11.9 Å². The van der Waals surface area contributed by atoms with E-state index in [0.29, 0.717) is 17.0 Å². The van der Waals surface area contributed by atoms with Crippen molar-refractivity contribution in [3.63, 3.8) is 0 Å². The van der Waals surface area contributed by atoms with Gasteiger partial charge in [0.15, 0.2) is 0 Å². The monoisotopic (exact) mass is 258 g/mol. The SMILES string of the molecule is CC1=NOC(c2ccc(N)c(C)c2)(C(F)(F)F)C1. The minimum atomic E-state index is -4.53. The van der Waals surface area contributed by atoms with Crippen molar-refractivity contribution in [2.45, 2.75) is 32.0 Å². The Hall–Kier alpha value is -1.72. The summed E-state index contributed by atoms with van der Waals surface area (Å²) in [5, 5.41) is 3.45. The van der Waals surface area contributed by atoms with Crippen molar-refractivity contribution in [3.8, 4) is 0 Å². The number of aryl methyl sites for hydroxylation is 1. The van der Waals surface area contributed by atoms with Gasteiger partial charge in [-0.2, -0.15) is 13.2 Å². The van der Waals surface area contributed by atoms with E-state index in [-0.39, 0.29) is 12.0 Å². The summed E-state index contributed by atoms with van der Waals surface area (Å²) in [6, 6.07) is 4.19. The molecule has 3 nitrogen and oxygen atoms in total. The Labute approximate surface area is 102 Å². The van der Waals surface area contributed by atoms with E-state index in [0.717, 1.165) is 0 Å². The molecule has 6 heteroatoms. The summed E-state index contributed by atoms with van der Waals surface area (Å²) in [6.45, 7) is 3.17. The van der Waals surface area contributed by atoms with Crippen LogP contribution in [-0.2, 0) is 10.4 Å². The van der Waals surface area contributed by atoms with Gasteiger partial charge in [-0.15, -0.1) is 0 Å². The molecule has 1 aliphatic rings. The van der Waals surface area contributed by atoms with Crippen LogP contribution in [0.2, 0.25) is 0 Å². The van der Waals surface area contributed by atoms with Crippen molar-refractivity contribution < 1.29 is 18.0 Å². The number of alkyl halides is 3. The van der Waals surface area contributed by atoms with Crippen LogP contribution in [0.1, 0.15) is 24.5 Å². The second-order valence-electron chi connectivity index (χ2n) is 4.49. The molecule has 98 valence electrons. The van der Waals surface area contributed by atoms with Gasteiger partial charge < -0.3 is 10.6 Å². The average Bonchev–Trinajstić information content (AvgIpc) is 2.65. The molecule has 0 fully saturated rings. The Morgan fingerprint density at radius 1 is 1.33 bits per heavy atom. The van der Waals surface area contributed by atoms with Crippen LogP contribution >= 0.6 is 0 Å². The van der Waals surface area contributed by atoms with Crippen LogP contribution in [0.3, 0.4) is 0 Å². The van der Waals surface area contributed by atoms with Gasteiger partial charge in [0.25, 0.3) is 5.60 Å². The molecule has 2 N–H and O–H groups in total. The maximum Gasteiger partial charge on any atom is 0.435 e. The van der Waals surface area contributed by atoms with Crippen molar-refractivity contribution >= 4 is 11.4 Å². The number of hydrogen-bond acceptors (Lipinski definition) is 3. The van der Waals surface area contributed by atoms with Crippen LogP contribution in [0, 0.1) is 6.92 Å². The molecular formula is C12H13F3N2O. The number of nitrogens with zero attached hydrogens (tertiary/aromatic N) is 1. The van der Waals surface area contributed by atoms with E-state index in [4.69, 9.17) is 10.6 Å². The molecular weight excluding hydrogens is 245 g/mol. The number of halogens is 3. The largest absolute Gasteiger partial charge is 0.435 e. The molecule has 0 spiro atoms. The Kier molecular flexibility index (Phi) is 2.76. The molecule has 0 aliphatic carbocycles. The van der Waals surface area contributed by atoms with E-state index in [2.05, 4.69) is 5.16 Å². The summed E-state index contributed by atoms with van der Waals surface area (Å²) >= 11 is 0. The highest BCUT2D eigenvalue weighted by atomic mass is 19.4. The fourth-order valence-corrected chi connectivity index (χ4v) is 1.98. The molecule has 0 aromatic heterocycles. The van der Waals surface area contributed by atoms with Gasteiger partial charge in [0.2, 0.25) is 0 Å². The molecule has 0 amide bonds. The van der Waals surface area contributed by atoms with Gasteiger partial charge in [-0.05, 0) is 31.5 Å². The molecule has 1 atom stereocenters. The standard InChI is InChI=1S/C12H13F3N2O/c1-7-5-9(3-4-10(7)16)11(12(13,14)15)6-8(2)17-18-11/h3-5H,6,16H2,1-2H3. The first-order valence-corrected chi connectivity index (χ1v) is 5.41. The van der Waals surface area contributed by atoms with Gasteiger partial charge in [-0.1, -0.05) is 11.2 Å². The van der Waals surface area contributed by atoms with Crippen molar-refractivity contribution in [1.29, 1.82) is 0 Å². The third-order valence-corrected chi connectivity index (χ3v) is 3.06. The quantitative estimate of drug-likeness (QED) is 0.787. The Morgan fingerprint density at radius 2 is 2.00 bits per heavy atom. The highest BCUT2D eigenvalue weighted by Crippen LogP contribution is 2.48. The predicted molar refractivity (Wildman–Crippen MR) is 62.1 cm³/mol. The molecule has 1 heterocycles. The molecule has 0 saturated carbocycles. The van der Waals surface area contributed by atoms with E-state index in [1.807, 2.05) is 0 Å². The summed E-state index contributed by atoms with van der Waals surface area (Å²) in [5.41, 5.74) is 4.63. The summed E-state index contributed by atoms with van der Waals surface area (Å²) in [7, 11) is 0. The third kappa shape index (κ3) is 1.81. The fraction of sp³-hybridized carbons (Fsp3) is 0.417. The van der Waals surface area contributed by atoms with Gasteiger partial charge in [0.1, 0.15) is 0 Å². The number of nitrogen functional groups attached to an aromatic ring is 1. The molecule has 18 heavy (non-hydrogen) atoms. The van der Waals surface area contributed by atoms with E-state index >= 15 is 0 Å². The number of benzene rings is 1. The smallest absolute Gasteiger partial charge is 0.399 e. The third-order valence-electron chi connectivity index (χ3n) is 3.06. The molecule has 1 aromatic carbocycles. The first-order valence-electron chi connectivity index (χ1n) is 5.41. The molecule has 2 rings (SSSR count). The number of rotatable bonds is 1. The van der Waals surface area contributed by atoms with Gasteiger partial charge in [0.05, 0.1) is 5.71 Å². The van der Waals surface area contributed by atoms with Crippen molar-refractivity contribution in [1.82, 2.24) is 0 Å². The molecule has 0 saturated heterocycles. The minimum absolute atomic E-state index is 0.0299. The summed E-state index contributed by atoms with van der Waals surface area (Å²) in [4.78, 5) is 4.72. The Bertz CT molecular complexity index is 511. The molecule has 1 unspecified atom stereocenters. The maximum absolute atomic E-state index is 13.3. The number of oxime groups is 1. The van der Waals surface area contributed by atoms with E-state index in [1.165, 1.54) is 25.1 Å². The van der Waals surface area contributed by atoms with Crippen molar-refractivity contribution in [2.75, 3.05) is 5.73 Å². The minimum Gasteiger partial charge on any atom is -0.399 e. The zero-order valence-corrected chi connectivity index (χ0v) is 10.0. The van der Waals surface area contributed by atoms with Gasteiger partial charge in [0, 0.05) is 17.7 Å². The van der Waals surface area contributed by atoms with E-state index < -0.39 is 11.8 Å². The lowest BCUT2D eigenvalue weighted by atomic mass is 9.87. The number of anilines is 1. The Morgan fingerprint density at radius 3 is 2.44 bits per heavy atom. The predicted octanol–water partition coefficient (Wildman–Crippen LogP) is 3.13. The van der Waals surface area contributed by atoms with Crippen molar-refractivity contribution in [3.05, 3.63) is 29.3 Å². The van der Waals surface area contributed by atoms with Crippen LogP contribution in [0.15, 0.2) is 23.4 Å². The highest BCUT2D eigenvalue weighted by Gasteiger charge is 2.61. The lowest BCUT2D eigenvalue weighted by Gasteiger charge is -2.29. The van der Waals surface area contributed by atoms with Gasteiger partial charge in [-0.25, -0.2) is 0 Å².